The molecule has 1 heterocycles. The van der Waals surface area contributed by atoms with Crippen LogP contribution < -0.4 is 10.1 Å². The van der Waals surface area contributed by atoms with Crippen LogP contribution in [-0.2, 0) is 4.79 Å². The Morgan fingerprint density at radius 3 is 2.40 bits per heavy atom. The van der Waals surface area contributed by atoms with Crippen molar-refractivity contribution in [2.24, 2.45) is 5.92 Å². The summed E-state index contributed by atoms with van der Waals surface area (Å²) in [6.45, 7) is 4.29. The molecule has 2 fully saturated rings. The molecule has 2 aromatic rings. The first-order valence-corrected chi connectivity index (χ1v) is 11.2. The lowest BCUT2D eigenvalue weighted by atomic mass is 10.1. The van der Waals surface area contributed by atoms with E-state index in [9.17, 15) is 9.59 Å². The molecular weight excluding hydrogens is 446 g/mol. The molecule has 1 N–H and O–H groups in total. The van der Waals surface area contributed by atoms with E-state index in [-0.39, 0.29) is 18.4 Å². The van der Waals surface area contributed by atoms with Crippen molar-refractivity contribution in [2.45, 2.75) is 12.8 Å². The third-order valence-corrected chi connectivity index (χ3v) is 6.01. The van der Waals surface area contributed by atoms with Gasteiger partial charge in [0, 0.05) is 42.9 Å². The number of piperazine rings is 1. The van der Waals surface area contributed by atoms with Gasteiger partial charge in [-0.25, -0.2) is 0 Å². The monoisotopic (exact) mass is 471 g/mol. The molecule has 0 spiro atoms. The fourth-order valence-corrected chi connectivity index (χ4v) is 3.88. The van der Waals surface area contributed by atoms with Crippen LogP contribution in [-0.4, -0.2) is 60.9 Å². The van der Waals surface area contributed by atoms with E-state index in [1.807, 2.05) is 41.3 Å². The van der Waals surface area contributed by atoms with Crippen LogP contribution in [0.2, 0.25) is 0 Å². The average molecular weight is 472 g/mol. The molecule has 0 atom stereocenters. The third kappa shape index (κ3) is 5.61. The van der Waals surface area contributed by atoms with Gasteiger partial charge in [0.25, 0.3) is 11.8 Å². The zero-order valence-electron chi connectivity index (χ0n) is 16.9. The minimum atomic E-state index is -0.270. The highest BCUT2D eigenvalue weighted by Gasteiger charge is 2.28. The van der Waals surface area contributed by atoms with Crippen LogP contribution in [0.4, 0.5) is 5.69 Å². The highest BCUT2D eigenvalue weighted by molar-refractivity contribution is 9.10. The summed E-state index contributed by atoms with van der Waals surface area (Å²) in [7, 11) is 0. The van der Waals surface area contributed by atoms with Crippen LogP contribution in [0.5, 0.6) is 5.75 Å². The van der Waals surface area contributed by atoms with E-state index >= 15 is 0 Å². The van der Waals surface area contributed by atoms with Gasteiger partial charge in [-0.2, -0.15) is 0 Å². The smallest absolute Gasteiger partial charge is 0.262 e. The summed E-state index contributed by atoms with van der Waals surface area (Å²) in [6, 6.07) is 14.5. The molecule has 4 rings (SSSR count). The number of anilines is 1. The van der Waals surface area contributed by atoms with Gasteiger partial charge in [0.15, 0.2) is 6.61 Å². The van der Waals surface area contributed by atoms with Crippen molar-refractivity contribution in [1.82, 2.24) is 9.80 Å². The highest BCUT2D eigenvalue weighted by Crippen LogP contribution is 2.30. The van der Waals surface area contributed by atoms with Crippen molar-refractivity contribution in [1.29, 1.82) is 0 Å². The van der Waals surface area contributed by atoms with E-state index < -0.39 is 0 Å². The summed E-state index contributed by atoms with van der Waals surface area (Å²) in [5.41, 5.74) is 1.20. The Hall–Kier alpha value is -2.38. The Balaban J connectivity index is 1.32. The second-order valence-corrected chi connectivity index (χ2v) is 8.79. The van der Waals surface area contributed by atoms with Crippen molar-refractivity contribution in [3.05, 3.63) is 58.6 Å². The number of para-hydroxylation sites is 1. The summed E-state index contributed by atoms with van der Waals surface area (Å²) in [5.74, 6) is 0.997. The van der Waals surface area contributed by atoms with Crippen molar-refractivity contribution < 1.29 is 14.3 Å². The van der Waals surface area contributed by atoms with Gasteiger partial charge in [-0.05, 0) is 55.2 Å². The Bertz CT molecular complexity index is 891. The minimum absolute atomic E-state index is 0.0370. The van der Waals surface area contributed by atoms with E-state index in [0.29, 0.717) is 17.0 Å². The SMILES string of the molecule is O=C(COc1ccccc1C(=O)N1CCN(CC2CC2)CC1)Nc1ccc(Br)cc1. The zero-order valence-corrected chi connectivity index (χ0v) is 18.4. The molecule has 2 aliphatic rings. The molecule has 0 bridgehead atoms. The molecule has 0 aromatic heterocycles. The zero-order chi connectivity index (χ0) is 20.9. The van der Waals surface area contributed by atoms with Crippen LogP contribution in [0.25, 0.3) is 0 Å². The standard InChI is InChI=1S/C23H26BrN3O3/c24-18-7-9-19(10-8-18)25-22(28)16-30-21-4-2-1-3-20(21)23(29)27-13-11-26(12-14-27)15-17-5-6-17/h1-4,7-10,17H,5-6,11-16H2,(H,25,28). The molecule has 158 valence electrons. The maximum Gasteiger partial charge on any atom is 0.262 e. The minimum Gasteiger partial charge on any atom is -0.483 e. The number of benzene rings is 2. The molecular formula is C23H26BrN3O3. The number of carbonyl (C=O) groups excluding carboxylic acids is 2. The van der Waals surface area contributed by atoms with Gasteiger partial charge in [0.2, 0.25) is 0 Å². The van der Waals surface area contributed by atoms with Crippen LogP contribution in [0.3, 0.4) is 0 Å². The van der Waals surface area contributed by atoms with Gasteiger partial charge in [-0.3, -0.25) is 14.5 Å². The summed E-state index contributed by atoms with van der Waals surface area (Å²) >= 11 is 3.37. The molecule has 1 aliphatic heterocycles. The Kier molecular flexibility index (Phi) is 6.69. The Labute approximate surface area is 185 Å². The maximum absolute atomic E-state index is 13.1. The number of nitrogens with one attached hydrogen (secondary N) is 1. The predicted octanol–water partition coefficient (Wildman–Crippen LogP) is 3.63. The van der Waals surface area contributed by atoms with Crippen LogP contribution in [0, 0.1) is 5.92 Å². The number of hydrogen-bond donors (Lipinski definition) is 1. The molecule has 30 heavy (non-hydrogen) atoms. The predicted molar refractivity (Wildman–Crippen MR) is 120 cm³/mol. The Morgan fingerprint density at radius 2 is 1.70 bits per heavy atom. The third-order valence-electron chi connectivity index (χ3n) is 5.48. The average Bonchev–Trinajstić information content (AvgIpc) is 3.58. The summed E-state index contributed by atoms with van der Waals surface area (Å²) in [6.07, 6.45) is 2.69. The first-order valence-electron chi connectivity index (χ1n) is 10.4. The molecule has 0 unspecified atom stereocenters. The van der Waals surface area contributed by atoms with Gasteiger partial charge < -0.3 is 15.0 Å². The number of nitrogens with zero attached hydrogens (tertiary/aromatic N) is 2. The second kappa shape index (κ2) is 9.62. The van der Waals surface area contributed by atoms with Crippen molar-refractivity contribution in [3.63, 3.8) is 0 Å². The summed E-state index contributed by atoms with van der Waals surface area (Å²) in [5, 5.41) is 2.79. The number of amides is 2. The van der Waals surface area contributed by atoms with E-state index in [2.05, 4.69) is 26.1 Å². The molecule has 7 heteroatoms. The summed E-state index contributed by atoms with van der Waals surface area (Å²) < 4.78 is 6.65. The molecule has 1 saturated carbocycles. The number of ether oxygens (including phenoxy) is 1. The fourth-order valence-electron chi connectivity index (χ4n) is 3.61. The van der Waals surface area contributed by atoms with E-state index in [4.69, 9.17) is 4.74 Å². The van der Waals surface area contributed by atoms with E-state index in [1.165, 1.54) is 12.8 Å². The quantitative estimate of drug-likeness (QED) is 0.669. The summed E-state index contributed by atoms with van der Waals surface area (Å²) in [4.78, 5) is 29.6. The van der Waals surface area contributed by atoms with E-state index in [1.54, 1.807) is 12.1 Å². The maximum atomic E-state index is 13.1. The van der Waals surface area contributed by atoms with Crippen LogP contribution >= 0.6 is 15.9 Å². The first-order chi connectivity index (χ1) is 14.6. The van der Waals surface area contributed by atoms with Crippen LogP contribution in [0.15, 0.2) is 53.0 Å². The highest BCUT2D eigenvalue weighted by atomic mass is 79.9. The van der Waals surface area contributed by atoms with Gasteiger partial charge in [0.05, 0.1) is 5.56 Å². The fraction of sp³-hybridized carbons (Fsp3) is 0.391. The van der Waals surface area contributed by atoms with Gasteiger partial charge >= 0.3 is 0 Å². The van der Waals surface area contributed by atoms with Crippen molar-refractivity contribution in [3.8, 4) is 5.75 Å². The number of halogens is 1. The molecule has 1 saturated heterocycles. The van der Waals surface area contributed by atoms with Crippen LogP contribution in [0.1, 0.15) is 23.2 Å². The van der Waals surface area contributed by atoms with Crippen molar-refractivity contribution in [2.75, 3.05) is 44.6 Å². The topological polar surface area (TPSA) is 61.9 Å². The number of hydrogen-bond acceptors (Lipinski definition) is 4. The molecule has 2 amide bonds. The normalized spacial score (nSPS) is 16.9. The second-order valence-electron chi connectivity index (χ2n) is 7.88. The molecule has 1 aliphatic carbocycles. The van der Waals surface area contributed by atoms with Gasteiger partial charge in [-0.1, -0.05) is 28.1 Å². The first kappa shape index (κ1) is 20.9. The molecule has 2 aromatic carbocycles. The lowest BCUT2D eigenvalue weighted by molar-refractivity contribution is -0.118. The lowest BCUT2D eigenvalue weighted by Gasteiger charge is -2.35. The molecule has 0 radical (unpaired) electrons. The largest absolute Gasteiger partial charge is 0.483 e. The van der Waals surface area contributed by atoms with Gasteiger partial charge in [0.1, 0.15) is 5.75 Å². The Morgan fingerprint density at radius 1 is 1.00 bits per heavy atom. The van der Waals surface area contributed by atoms with E-state index in [0.717, 1.165) is 43.1 Å². The molecule has 6 nitrogen and oxygen atoms in total. The number of carbonyl (C=O) groups is 2. The van der Waals surface area contributed by atoms with Gasteiger partial charge in [-0.15, -0.1) is 0 Å². The van der Waals surface area contributed by atoms with Crippen molar-refractivity contribution >= 4 is 33.4 Å². The number of rotatable bonds is 7. The lowest BCUT2D eigenvalue weighted by Crippen LogP contribution is -2.49.